The Morgan fingerprint density at radius 1 is 0.907 bits per heavy atom. The van der Waals surface area contributed by atoms with E-state index in [0.29, 0.717) is 31.7 Å². The number of hydrogen-bond donors (Lipinski definition) is 2. The zero-order valence-electron chi connectivity index (χ0n) is 22.8. The van der Waals surface area contributed by atoms with Crippen molar-refractivity contribution in [2.45, 2.75) is 18.0 Å². The summed E-state index contributed by atoms with van der Waals surface area (Å²) in [7, 11) is -1.52. The molecule has 14 heteroatoms. The van der Waals surface area contributed by atoms with Gasteiger partial charge in [-0.05, 0) is 29.8 Å². The average molecular weight is 612 g/mol. The van der Waals surface area contributed by atoms with Gasteiger partial charge in [-0.15, -0.1) is 0 Å². The molecule has 1 aliphatic rings. The standard InChI is InChI=1S/C29H28F3N7O3S/c30-29(31,32)22-11-9-21(10-12-22)25-35-27(34-23(26(40)41)19-43(42)18-20-6-2-1-3-7-20)37-28(36-25)39-16-14-38(15-17-39)24-8-4-5-13-33-24/h1-13,23H,14-19H2,(H,40,41)(H,34,35,36,37)/t23?,43-/m1/s1. The van der Waals surface area contributed by atoms with Gasteiger partial charge in [-0.1, -0.05) is 48.5 Å². The number of benzene rings is 2. The minimum atomic E-state index is -4.51. The zero-order valence-corrected chi connectivity index (χ0v) is 23.6. The van der Waals surface area contributed by atoms with E-state index in [9.17, 15) is 27.3 Å². The van der Waals surface area contributed by atoms with Crippen LogP contribution in [0.3, 0.4) is 0 Å². The van der Waals surface area contributed by atoms with Crippen LogP contribution in [0.5, 0.6) is 0 Å². The van der Waals surface area contributed by atoms with Crippen LogP contribution in [0, 0.1) is 0 Å². The number of carbonyl (C=O) groups is 1. The summed E-state index contributed by atoms with van der Waals surface area (Å²) in [6.45, 7) is 2.24. The molecule has 1 fully saturated rings. The fraction of sp³-hybridized carbons (Fsp3) is 0.276. The highest BCUT2D eigenvalue weighted by atomic mass is 32.2. The van der Waals surface area contributed by atoms with Gasteiger partial charge in [-0.25, -0.2) is 9.78 Å². The van der Waals surface area contributed by atoms with Crippen LogP contribution in [0.2, 0.25) is 0 Å². The molecule has 1 aliphatic heterocycles. The molecule has 10 nitrogen and oxygen atoms in total. The van der Waals surface area contributed by atoms with Crippen molar-refractivity contribution in [1.29, 1.82) is 0 Å². The molecular weight excluding hydrogens is 583 g/mol. The first-order chi connectivity index (χ1) is 20.7. The molecule has 0 saturated carbocycles. The highest BCUT2D eigenvalue weighted by Gasteiger charge is 2.30. The summed E-state index contributed by atoms with van der Waals surface area (Å²) in [6, 6.07) is 17.8. The third kappa shape index (κ3) is 7.83. The Morgan fingerprint density at radius 3 is 2.21 bits per heavy atom. The summed E-state index contributed by atoms with van der Waals surface area (Å²) in [5.74, 6) is -0.237. The molecule has 2 atom stereocenters. The first-order valence-electron chi connectivity index (χ1n) is 13.4. The number of pyridine rings is 1. The van der Waals surface area contributed by atoms with E-state index in [1.54, 1.807) is 6.20 Å². The number of carboxylic acid groups (broad SMARTS) is 1. The van der Waals surface area contributed by atoms with Crippen LogP contribution in [-0.4, -0.2) is 73.2 Å². The molecule has 0 amide bonds. The Bertz CT molecular complexity index is 1550. The van der Waals surface area contributed by atoms with Crippen molar-refractivity contribution in [3.63, 3.8) is 0 Å². The number of nitrogens with zero attached hydrogens (tertiary/aromatic N) is 6. The van der Waals surface area contributed by atoms with Crippen molar-refractivity contribution in [2.75, 3.05) is 47.0 Å². The lowest BCUT2D eigenvalue weighted by molar-refractivity contribution is -0.138. The molecule has 0 radical (unpaired) electrons. The van der Waals surface area contributed by atoms with Gasteiger partial charge in [0.25, 0.3) is 0 Å². The second-order valence-corrected chi connectivity index (χ2v) is 11.3. The Hall–Kier alpha value is -4.59. The van der Waals surface area contributed by atoms with E-state index in [2.05, 4.69) is 30.2 Å². The Morgan fingerprint density at radius 2 is 1.58 bits per heavy atom. The Balaban J connectivity index is 1.40. The quantitative estimate of drug-likeness (QED) is 0.271. The van der Waals surface area contributed by atoms with Crippen LogP contribution in [0.15, 0.2) is 79.0 Å². The summed E-state index contributed by atoms with van der Waals surface area (Å²) in [5.41, 5.74) is 0.287. The molecule has 0 bridgehead atoms. The van der Waals surface area contributed by atoms with Crippen molar-refractivity contribution in [2.24, 2.45) is 0 Å². The molecule has 0 aliphatic carbocycles. The fourth-order valence-electron chi connectivity index (χ4n) is 4.52. The smallest absolute Gasteiger partial charge is 0.416 e. The normalized spacial score (nSPS) is 15.1. The maximum Gasteiger partial charge on any atom is 0.416 e. The number of nitrogens with one attached hydrogen (secondary N) is 1. The number of anilines is 3. The van der Waals surface area contributed by atoms with Crippen molar-refractivity contribution in [3.05, 3.63) is 90.1 Å². The van der Waals surface area contributed by atoms with Gasteiger partial charge >= 0.3 is 12.1 Å². The lowest BCUT2D eigenvalue weighted by Gasteiger charge is -2.35. The van der Waals surface area contributed by atoms with Gasteiger partial charge in [-0.2, -0.15) is 28.1 Å². The lowest BCUT2D eigenvalue weighted by atomic mass is 10.1. The first kappa shape index (κ1) is 29.9. The van der Waals surface area contributed by atoms with E-state index in [1.165, 1.54) is 12.1 Å². The topological polar surface area (TPSA) is 124 Å². The second kappa shape index (κ2) is 13.2. The summed E-state index contributed by atoms with van der Waals surface area (Å²) < 4.78 is 52.3. The number of halogens is 3. The highest BCUT2D eigenvalue weighted by molar-refractivity contribution is 7.84. The van der Waals surface area contributed by atoms with Crippen molar-refractivity contribution in [3.8, 4) is 11.4 Å². The number of aliphatic carboxylic acids is 1. The van der Waals surface area contributed by atoms with Gasteiger partial charge in [0.2, 0.25) is 11.9 Å². The van der Waals surface area contributed by atoms with E-state index < -0.39 is 34.6 Å². The fourth-order valence-corrected chi connectivity index (χ4v) is 5.80. The molecule has 3 heterocycles. The van der Waals surface area contributed by atoms with Gasteiger partial charge in [0, 0.05) is 54.5 Å². The summed E-state index contributed by atoms with van der Waals surface area (Å²) in [6.07, 6.45) is -2.79. The van der Waals surface area contributed by atoms with E-state index in [0.717, 1.165) is 23.5 Å². The molecule has 1 unspecified atom stereocenters. The number of carboxylic acids is 1. The van der Waals surface area contributed by atoms with Crippen LogP contribution in [0.1, 0.15) is 11.1 Å². The summed E-state index contributed by atoms with van der Waals surface area (Å²) in [4.78, 5) is 33.9. The monoisotopic (exact) mass is 611 g/mol. The number of aromatic nitrogens is 4. The Kier molecular flexibility index (Phi) is 9.14. The van der Waals surface area contributed by atoms with E-state index in [4.69, 9.17) is 0 Å². The maximum atomic E-state index is 13.2. The molecule has 2 aromatic heterocycles. The van der Waals surface area contributed by atoms with E-state index in [1.807, 2.05) is 53.4 Å². The van der Waals surface area contributed by atoms with Crippen LogP contribution in [0.25, 0.3) is 11.4 Å². The minimum Gasteiger partial charge on any atom is -0.480 e. The minimum absolute atomic E-state index is 0.0722. The van der Waals surface area contributed by atoms with Crippen LogP contribution < -0.4 is 15.1 Å². The molecule has 1 saturated heterocycles. The van der Waals surface area contributed by atoms with Gasteiger partial charge in [0.05, 0.1) is 11.3 Å². The van der Waals surface area contributed by atoms with Crippen molar-refractivity contribution >= 4 is 34.5 Å². The van der Waals surface area contributed by atoms with E-state index in [-0.39, 0.29) is 29.2 Å². The Labute approximate surface area is 248 Å². The third-order valence-corrected chi connectivity index (χ3v) is 8.11. The SMILES string of the molecule is O=C(O)C(C[S@](=O)Cc1ccccc1)Nc1nc(-c2ccc(C(F)(F)F)cc2)nc(N2CCN(c3ccccn3)CC2)n1. The number of rotatable bonds is 10. The van der Waals surface area contributed by atoms with Crippen LogP contribution in [-0.2, 0) is 27.5 Å². The first-order valence-corrected chi connectivity index (χ1v) is 14.9. The maximum absolute atomic E-state index is 13.2. The molecule has 0 spiro atoms. The molecular formula is C29H28F3N7O3S. The number of hydrogen-bond acceptors (Lipinski definition) is 9. The molecule has 2 aromatic carbocycles. The predicted molar refractivity (Wildman–Crippen MR) is 157 cm³/mol. The molecule has 43 heavy (non-hydrogen) atoms. The molecule has 2 N–H and O–H groups in total. The third-order valence-electron chi connectivity index (χ3n) is 6.75. The summed E-state index contributed by atoms with van der Waals surface area (Å²) >= 11 is 0. The van der Waals surface area contributed by atoms with Gasteiger partial charge < -0.3 is 20.2 Å². The molecule has 4 aromatic rings. The van der Waals surface area contributed by atoms with E-state index >= 15 is 0 Å². The second-order valence-electron chi connectivity index (χ2n) is 9.79. The largest absolute Gasteiger partial charge is 0.480 e. The zero-order chi connectivity index (χ0) is 30.4. The molecule has 224 valence electrons. The van der Waals surface area contributed by atoms with Crippen molar-refractivity contribution < 1.29 is 27.3 Å². The lowest BCUT2D eigenvalue weighted by Crippen LogP contribution is -2.47. The van der Waals surface area contributed by atoms with Crippen molar-refractivity contribution in [1.82, 2.24) is 19.9 Å². The average Bonchev–Trinajstić information content (AvgIpc) is 3.01. The van der Waals surface area contributed by atoms with Crippen LogP contribution in [0.4, 0.5) is 30.9 Å². The number of alkyl halides is 3. The highest BCUT2D eigenvalue weighted by Crippen LogP contribution is 2.31. The van der Waals surface area contributed by atoms with Gasteiger partial charge in [-0.3, -0.25) is 4.21 Å². The number of piperazine rings is 1. The molecule has 5 rings (SSSR count). The van der Waals surface area contributed by atoms with Gasteiger partial charge in [0.15, 0.2) is 5.82 Å². The predicted octanol–water partition coefficient (Wildman–Crippen LogP) is 4.09. The van der Waals surface area contributed by atoms with Crippen LogP contribution >= 0.6 is 0 Å². The van der Waals surface area contributed by atoms with Gasteiger partial charge in [0.1, 0.15) is 11.9 Å². The summed E-state index contributed by atoms with van der Waals surface area (Å²) in [5, 5.41) is 12.7.